The summed E-state index contributed by atoms with van der Waals surface area (Å²) >= 11 is 0. The summed E-state index contributed by atoms with van der Waals surface area (Å²) in [6, 6.07) is 8.06. The van der Waals surface area contributed by atoms with Crippen LogP contribution in [-0.4, -0.2) is 39.4 Å². The average Bonchev–Trinajstić information content (AvgIpc) is 3.23. The molecule has 0 bridgehead atoms. The normalized spacial score (nSPS) is 18.3. The summed E-state index contributed by atoms with van der Waals surface area (Å²) in [5.74, 6) is 2.51. The van der Waals surface area contributed by atoms with Crippen molar-refractivity contribution < 1.29 is 9.47 Å². The van der Waals surface area contributed by atoms with E-state index in [1.54, 1.807) is 7.11 Å². The van der Waals surface area contributed by atoms with Crippen LogP contribution in [0, 0.1) is 18.3 Å². The van der Waals surface area contributed by atoms with E-state index in [4.69, 9.17) is 20.5 Å². The van der Waals surface area contributed by atoms with E-state index < -0.39 is 0 Å². The van der Waals surface area contributed by atoms with Crippen LogP contribution in [0.25, 0.3) is 11.3 Å². The van der Waals surface area contributed by atoms with E-state index in [2.05, 4.69) is 25.5 Å². The number of aromatic nitrogens is 4. The van der Waals surface area contributed by atoms with E-state index >= 15 is 0 Å². The lowest BCUT2D eigenvalue weighted by Crippen LogP contribution is -2.31. The number of aromatic amines is 1. The fourth-order valence-electron chi connectivity index (χ4n) is 3.72. The maximum absolute atomic E-state index is 8.85. The highest BCUT2D eigenvalue weighted by Gasteiger charge is 2.23. The molecule has 1 aliphatic carbocycles. The predicted octanol–water partition coefficient (Wildman–Crippen LogP) is 3.45. The number of nitrogens with two attached hydrogens (primary N) is 1. The summed E-state index contributed by atoms with van der Waals surface area (Å²) in [5.41, 5.74) is 8.91. The fraction of sp³-hybridized carbons (Fsp3) is 0.364. The van der Waals surface area contributed by atoms with Crippen LogP contribution in [0.4, 0.5) is 11.6 Å². The van der Waals surface area contributed by atoms with Gasteiger partial charge in [0.1, 0.15) is 23.4 Å². The molecule has 9 heteroatoms. The van der Waals surface area contributed by atoms with Gasteiger partial charge in [0.05, 0.1) is 36.9 Å². The number of benzene rings is 1. The van der Waals surface area contributed by atoms with Crippen molar-refractivity contribution in [2.75, 3.05) is 12.4 Å². The van der Waals surface area contributed by atoms with Crippen LogP contribution in [0.5, 0.6) is 11.5 Å². The van der Waals surface area contributed by atoms with E-state index in [-0.39, 0.29) is 17.8 Å². The standard InChI is InChI=1S/C22H25N7O2/c1-13-7-18(30-2)22(19(8-13)31-16-5-3-14(24)4-6-16)17-9-20(29-28-17)27-21-12-25-15(10-23)11-26-21/h7-9,11-12,14,16H,3-6,24H2,1-2H3,(H2,26,27,28,29). The van der Waals surface area contributed by atoms with Gasteiger partial charge in [0.25, 0.3) is 0 Å². The number of rotatable bonds is 6. The maximum Gasteiger partial charge on any atom is 0.158 e. The Bertz CT molecular complexity index is 1080. The number of ether oxygens (including phenoxy) is 2. The zero-order valence-electron chi connectivity index (χ0n) is 17.6. The van der Waals surface area contributed by atoms with Crippen molar-refractivity contribution in [3.63, 3.8) is 0 Å². The molecule has 160 valence electrons. The largest absolute Gasteiger partial charge is 0.496 e. The average molecular weight is 419 g/mol. The smallest absolute Gasteiger partial charge is 0.158 e. The Morgan fingerprint density at radius 1 is 1.10 bits per heavy atom. The first-order valence-corrected chi connectivity index (χ1v) is 10.2. The Morgan fingerprint density at radius 2 is 1.87 bits per heavy atom. The number of nitrogens with zero attached hydrogens (tertiary/aromatic N) is 4. The summed E-state index contributed by atoms with van der Waals surface area (Å²) in [7, 11) is 1.64. The molecule has 1 aromatic carbocycles. The topological polar surface area (TPSA) is 135 Å². The molecule has 9 nitrogen and oxygen atoms in total. The van der Waals surface area contributed by atoms with Crippen molar-refractivity contribution in [1.29, 1.82) is 5.26 Å². The fourth-order valence-corrected chi connectivity index (χ4v) is 3.72. The second-order valence-corrected chi connectivity index (χ2v) is 7.69. The number of methoxy groups -OCH3 is 1. The highest BCUT2D eigenvalue weighted by atomic mass is 16.5. The van der Waals surface area contributed by atoms with Crippen molar-refractivity contribution in [3.05, 3.63) is 41.9 Å². The molecular formula is C22H25N7O2. The Hall–Kier alpha value is -3.64. The van der Waals surface area contributed by atoms with Gasteiger partial charge in [0, 0.05) is 12.1 Å². The molecule has 0 spiro atoms. The molecule has 0 atom stereocenters. The van der Waals surface area contributed by atoms with Gasteiger partial charge in [-0.05, 0) is 50.3 Å². The number of nitriles is 1. The van der Waals surface area contributed by atoms with Gasteiger partial charge in [-0.15, -0.1) is 0 Å². The van der Waals surface area contributed by atoms with Crippen LogP contribution < -0.4 is 20.5 Å². The molecular weight excluding hydrogens is 394 g/mol. The monoisotopic (exact) mass is 419 g/mol. The summed E-state index contributed by atoms with van der Waals surface area (Å²) in [4.78, 5) is 8.17. The molecule has 0 saturated heterocycles. The van der Waals surface area contributed by atoms with Crippen LogP contribution in [0.1, 0.15) is 36.9 Å². The van der Waals surface area contributed by atoms with E-state index in [1.165, 1.54) is 12.4 Å². The molecule has 0 unspecified atom stereocenters. The van der Waals surface area contributed by atoms with Crippen LogP contribution >= 0.6 is 0 Å². The van der Waals surface area contributed by atoms with Crippen molar-refractivity contribution in [2.45, 2.75) is 44.8 Å². The van der Waals surface area contributed by atoms with Crippen molar-refractivity contribution in [3.8, 4) is 28.8 Å². The summed E-state index contributed by atoms with van der Waals surface area (Å²) in [5, 5.41) is 19.3. The van der Waals surface area contributed by atoms with Crippen LogP contribution in [0.15, 0.2) is 30.6 Å². The number of hydrogen-bond acceptors (Lipinski definition) is 8. The molecule has 1 fully saturated rings. The highest BCUT2D eigenvalue weighted by Crippen LogP contribution is 2.41. The first-order chi connectivity index (χ1) is 15.1. The maximum atomic E-state index is 8.85. The third-order valence-corrected chi connectivity index (χ3v) is 5.31. The molecule has 4 rings (SSSR count). The second kappa shape index (κ2) is 9.02. The molecule has 1 saturated carbocycles. The molecule has 4 N–H and O–H groups in total. The van der Waals surface area contributed by atoms with Crippen molar-refractivity contribution in [2.24, 2.45) is 5.73 Å². The van der Waals surface area contributed by atoms with E-state index in [0.717, 1.165) is 48.3 Å². The van der Waals surface area contributed by atoms with Gasteiger partial charge < -0.3 is 20.5 Å². The van der Waals surface area contributed by atoms with E-state index in [9.17, 15) is 0 Å². The third kappa shape index (κ3) is 4.75. The zero-order chi connectivity index (χ0) is 21.8. The van der Waals surface area contributed by atoms with Gasteiger partial charge in [-0.3, -0.25) is 5.10 Å². The SMILES string of the molecule is COc1cc(C)cc(OC2CCC(N)CC2)c1-c1cc(Nc2cnc(C#N)cn2)n[nH]1. The number of anilines is 2. The van der Waals surface area contributed by atoms with E-state index in [1.807, 2.05) is 31.2 Å². The van der Waals surface area contributed by atoms with Gasteiger partial charge in [0.2, 0.25) is 0 Å². The minimum absolute atomic E-state index is 0.125. The van der Waals surface area contributed by atoms with Crippen LogP contribution in [0.2, 0.25) is 0 Å². The van der Waals surface area contributed by atoms with E-state index in [0.29, 0.717) is 17.4 Å². The molecule has 0 radical (unpaired) electrons. The van der Waals surface area contributed by atoms with Gasteiger partial charge in [-0.2, -0.15) is 10.4 Å². The Balaban J connectivity index is 1.61. The Labute approximate surface area is 180 Å². The number of H-pyrrole nitrogens is 1. The third-order valence-electron chi connectivity index (χ3n) is 5.31. The number of hydrogen-bond donors (Lipinski definition) is 3. The summed E-state index contributed by atoms with van der Waals surface area (Å²) in [6.07, 6.45) is 6.82. The lowest BCUT2D eigenvalue weighted by atomic mass is 9.93. The van der Waals surface area contributed by atoms with Gasteiger partial charge in [-0.1, -0.05) is 0 Å². The molecule has 31 heavy (non-hydrogen) atoms. The minimum Gasteiger partial charge on any atom is -0.496 e. The number of nitrogens with one attached hydrogen (secondary N) is 2. The highest BCUT2D eigenvalue weighted by molar-refractivity contribution is 5.77. The lowest BCUT2D eigenvalue weighted by Gasteiger charge is -2.28. The van der Waals surface area contributed by atoms with Crippen LogP contribution in [0.3, 0.4) is 0 Å². The van der Waals surface area contributed by atoms with Crippen molar-refractivity contribution >= 4 is 11.6 Å². The van der Waals surface area contributed by atoms with Gasteiger partial charge >= 0.3 is 0 Å². The Morgan fingerprint density at radius 3 is 2.55 bits per heavy atom. The van der Waals surface area contributed by atoms with Crippen LogP contribution in [-0.2, 0) is 0 Å². The number of aryl methyl sites for hydroxylation is 1. The van der Waals surface area contributed by atoms with Gasteiger partial charge in [0.15, 0.2) is 11.5 Å². The van der Waals surface area contributed by atoms with Crippen molar-refractivity contribution in [1.82, 2.24) is 20.2 Å². The molecule has 0 aliphatic heterocycles. The lowest BCUT2D eigenvalue weighted by molar-refractivity contribution is 0.147. The molecule has 1 aliphatic rings. The first-order valence-electron chi connectivity index (χ1n) is 10.2. The first kappa shape index (κ1) is 20.6. The zero-order valence-corrected chi connectivity index (χ0v) is 17.6. The van der Waals surface area contributed by atoms with Gasteiger partial charge in [-0.25, -0.2) is 9.97 Å². The molecule has 3 aromatic rings. The molecule has 0 amide bonds. The Kier molecular flexibility index (Phi) is 6.00. The molecule has 2 aromatic heterocycles. The predicted molar refractivity (Wildman–Crippen MR) is 116 cm³/mol. The second-order valence-electron chi connectivity index (χ2n) is 7.69. The quantitative estimate of drug-likeness (QED) is 0.553. The summed E-state index contributed by atoms with van der Waals surface area (Å²) in [6.45, 7) is 2.01. The summed E-state index contributed by atoms with van der Waals surface area (Å²) < 4.78 is 12.1. The minimum atomic E-state index is 0.125. The molecule has 2 heterocycles.